The van der Waals surface area contributed by atoms with Crippen LogP contribution < -0.4 is 4.57 Å². The van der Waals surface area contributed by atoms with Crippen molar-refractivity contribution in [1.29, 1.82) is 5.26 Å². The second-order valence-corrected chi connectivity index (χ2v) is 5.88. The van der Waals surface area contributed by atoms with Gasteiger partial charge in [0.25, 0.3) is 0 Å². The summed E-state index contributed by atoms with van der Waals surface area (Å²) in [4.78, 5) is 0. The topological polar surface area (TPSA) is 40.8 Å². The molecule has 0 atom stereocenters. The van der Waals surface area contributed by atoms with Gasteiger partial charge in [-0.2, -0.15) is 5.26 Å². The highest BCUT2D eigenvalue weighted by molar-refractivity contribution is 6.13. The Morgan fingerprint density at radius 3 is 2.75 bits per heavy atom. The Morgan fingerprint density at radius 2 is 2.00 bits per heavy atom. The van der Waals surface area contributed by atoms with Gasteiger partial charge in [0.05, 0.1) is 17.2 Å². The first-order valence-corrected chi connectivity index (χ1v) is 7.60. The van der Waals surface area contributed by atoms with E-state index >= 15 is 0 Å². The van der Waals surface area contributed by atoms with Crippen LogP contribution in [0, 0.1) is 24.1 Å². The minimum Gasteiger partial charge on any atom is -0.453 e. The fourth-order valence-corrected chi connectivity index (χ4v) is 3.22. The van der Waals surface area contributed by atoms with Crippen LogP contribution in [0.5, 0.6) is 0 Å². The number of halogens is 1. The number of fused-ring (bicyclic) bond motifs is 3. The molecule has 4 heteroatoms. The molecule has 3 nitrogen and oxygen atoms in total. The van der Waals surface area contributed by atoms with Crippen LogP contribution in [0.1, 0.15) is 11.1 Å². The van der Waals surface area contributed by atoms with Crippen LogP contribution in [-0.4, -0.2) is 0 Å². The fourth-order valence-electron chi connectivity index (χ4n) is 3.22. The molecule has 0 aliphatic heterocycles. The van der Waals surface area contributed by atoms with Crippen LogP contribution in [0.3, 0.4) is 0 Å². The SMILES string of the molecule is Cc1cc(F)c2oc3ccc(C#N)cc3c2c1-c1cccc[n+]1C. The molecule has 0 saturated carbocycles. The van der Waals surface area contributed by atoms with Gasteiger partial charge in [-0.3, -0.25) is 0 Å². The monoisotopic (exact) mass is 317 g/mol. The maximum Gasteiger partial charge on any atom is 0.213 e. The number of hydrogen-bond acceptors (Lipinski definition) is 2. The largest absolute Gasteiger partial charge is 0.453 e. The molecule has 2 aromatic heterocycles. The molecular weight excluding hydrogens is 303 g/mol. The number of benzene rings is 2. The van der Waals surface area contributed by atoms with E-state index in [4.69, 9.17) is 4.42 Å². The van der Waals surface area contributed by atoms with E-state index in [1.54, 1.807) is 18.2 Å². The third-order valence-corrected chi connectivity index (χ3v) is 4.33. The van der Waals surface area contributed by atoms with Crippen molar-refractivity contribution in [3.8, 4) is 17.3 Å². The molecule has 4 rings (SSSR count). The van der Waals surface area contributed by atoms with Crippen molar-refractivity contribution in [2.75, 3.05) is 0 Å². The Morgan fingerprint density at radius 1 is 1.17 bits per heavy atom. The zero-order chi connectivity index (χ0) is 16.8. The Hall–Kier alpha value is -3.19. The van der Waals surface area contributed by atoms with Gasteiger partial charge in [-0.05, 0) is 42.8 Å². The summed E-state index contributed by atoms with van der Waals surface area (Å²) in [6, 6.07) is 14.7. The maximum atomic E-state index is 14.5. The average Bonchev–Trinajstić information content (AvgIpc) is 2.95. The smallest absolute Gasteiger partial charge is 0.213 e. The molecule has 24 heavy (non-hydrogen) atoms. The van der Waals surface area contributed by atoms with E-state index in [9.17, 15) is 9.65 Å². The number of rotatable bonds is 1. The molecule has 0 N–H and O–H groups in total. The normalized spacial score (nSPS) is 11.1. The average molecular weight is 317 g/mol. The third kappa shape index (κ3) is 1.99. The van der Waals surface area contributed by atoms with Crippen LogP contribution in [0.4, 0.5) is 4.39 Å². The summed E-state index contributed by atoms with van der Waals surface area (Å²) >= 11 is 0. The van der Waals surface area contributed by atoms with Crippen molar-refractivity contribution in [3.05, 3.63) is 65.6 Å². The Balaban J connectivity index is 2.24. The lowest BCUT2D eigenvalue weighted by Crippen LogP contribution is -2.30. The van der Waals surface area contributed by atoms with Crippen molar-refractivity contribution in [3.63, 3.8) is 0 Å². The third-order valence-electron chi connectivity index (χ3n) is 4.33. The number of nitrogens with zero attached hydrogens (tertiary/aromatic N) is 2. The lowest BCUT2D eigenvalue weighted by atomic mass is 9.97. The zero-order valence-corrected chi connectivity index (χ0v) is 13.3. The lowest BCUT2D eigenvalue weighted by Gasteiger charge is -2.07. The molecule has 116 valence electrons. The molecule has 0 bridgehead atoms. The molecule has 0 spiro atoms. The van der Waals surface area contributed by atoms with Crippen LogP contribution in [-0.2, 0) is 7.05 Å². The Labute approximate surface area is 138 Å². The van der Waals surface area contributed by atoms with E-state index in [2.05, 4.69) is 6.07 Å². The van der Waals surface area contributed by atoms with E-state index in [1.807, 2.05) is 42.9 Å². The van der Waals surface area contributed by atoms with Crippen LogP contribution in [0.25, 0.3) is 33.2 Å². The van der Waals surface area contributed by atoms with Crippen LogP contribution in [0.2, 0.25) is 0 Å². The maximum absolute atomic E-state index is 14.5. The van der Waals surface area contributed by atoms with E-state index in [0.717, 1.165) is 22.2 Å². The van der Waals surface area contributed by atoms with Gasteiger partial charge in [0, 0.05) is 22.9 Å². The highest BCUT2D eigenvalue weighted by Gasteiger charge is 2.23. The number of aromatic nitrogens is 1. The highest BCUT2D eigenvalue weighted by atomic mass is 19.1. The van der Waals surface area contributed by atoms with Crippen LogP contribution in [0.15, 0.2) is 53.1 Å². The number of hydrogen-bond donors (Lipinski definition) is 0. The highest BCUT2D eigenvalue weighted by Crippen LogP contribution is 2.39. The standard InChI is InChI=1S/C20H14FN2O/c1-12-9-15(21)20-19(18(12)16-5-3-4-8-23(16)2)14-10-13(11-22)6-7-17(14)24-20/h3-10H,1-2H3/q+1. The summed E-state index contributed by atoms with van der Waals surface area (Å²) < 4.78 is 22.2. The van der Waals surface area contributed by atoms with Gasteiger partial charge in [-0.25, -0.2) is 8.96 Å². The van der Waals surface area contributed by atoms with Crippen molar-refractivity contribution >= 4 is 21.9 Å². The Bertz CT molecular complexity index is 1150. The molecule has 2 aromatic carbocycles. The minimum absolute atomic E-state index is 0.226. The van der Waals surface area contributed by atoms with Gasteiger partial charge >= 0.3 is 0 Å². The van der Waals surface area contributed by atoms with Gasteiger partial charge in [-0.15, -0.1) is 0 Å². The molecule has 0 aliphatic carbocycles. The minimum atomic E-state index is -0.389. The quantitative estimate of drug-likeness (QED) is 0.488. The van der Waals surface area contributed by atoms with E-state index in [1.165, 1.54) is 6.07 Å². The van der Waals surface area contributed by atoms with Gasteiger partial charge in [0.15, 0.2) is 17.6 Å². The summed E-state index contributed by atoms with van der Waals surface area (Å²) in [6.45, 7) is 1.89. The van der Waals surface area contributed by atoms with E-state index in [-0.39, 0.29) is 11.4 Å². The van der Waals surface area contributed by atoms with Gasteiger partial charge in [0.1, 0.15) is 12.6 Å². The van der Waals surface area contributed by atoms with Crippen molar-refractivity contribution < 1.29 is 13.4 Å². The van der Waals surface area contributed by atoms with Gasteiger partial charge in [-0.1, -0.05) is 0 Å². The molecule has 0 saturated heterocycles. The first kappa shape index (κ1) is 14.4. The first-order valence-electron chi connectivity index (χ1n) is 7.60. The van der Waals surface area contributed by atoms with E-state index in [0.29, 0.717) is 16.5 Å². The molecule has 0 aliphatic rings. The predicted molar refractivity (Wildman–Crippen MR) is 89.7 cm³/mol. The molecule has 2 heterocycles. The molecular formula is C20H14FN2O+. The predicted octanol–water partition coefficient (Wildman–Crippen LogP) is 4.40. The molecule has 0 amide bonds. The van der Waals surface area contributed by atoms with Gasteiger partial charge < -0.3 is 4.42 Å². The van der Waals surface area contributed by atoms with Crippen molar-refractivity contribution in [2.24, 2.45) is 7.05 Å². The summed E-state index contributed by atoms with van der Waals surface area (Å²) in [7, 11) is 1.95. The van der Waals surface area contributed by atoms with Crippen molar-refractivity contribution in [2.45, 2.75) is 6.92 Å². The Kier molecular flexibility index (Phi) is 3.10. The summed E-state index contributed by atoms with van der Waals surface area (Å²) in [5, 5.41) is 10.7. The molecule has 0 unspecified atom stereocenters. The number of pyridine rings is 1. The summed E-state index contributed by atoms with van der Waals surface area (Å²) in [5.41, 5.74) is 4.04. The number of aryl methyl sites for hydroxylation is 2. The van der Waals surface area contributed by atoms with Gasteiger partial charge in [0.2, 0.25) is 5.69 Å². The summed E-state index contributed by atoms with van der Waals surface area (Å²) in [5.74, 6) is -0.389. The summed E-state index contributed by atoms with van der Waals surface area (Å²) in [6.07, 6.45) is 1.95. The fraction of sp³-hybridized carbons (Fsp3) is 0.100. The first-order chi connectivity index (χ1) is 11.6. The van der Waals surface area contributed by atoms with Crippen molar-refractivity contribution in [1.82, 2.24) is 0 Å². The lowest BCUT2D eigenvalue weighted by molar-refractivity contribution is -0.660. The number of furan rings is 1. The molecule has 0 fully saturated rings. The number of nitriles is 1. The second kappa shape index (κ2) is 5.17. The zero-order valence-electron chi connectivity index (χ0n) is 13.3. The van der Waals surface area contributed by atoms with Crippen LogP contribution >= 0.6 is 0 Å². The van der Waals surface area contributed by atoms with E-state index < -0.39 is 0 Å². The molecule has 4 aromatic rings. The second-order valence-electron chi connectivity index (χ2n) is 5.88. The molecule has 0 radical (unpaired) electrons.